The number of nitrogens with one attached hydrogen (secondary N) is 1. The lowest BCUT2D eigenvalue weighted by molar-refractivity contribution is -0.676. The summed E-state index contributed by atoms with van der Waals surface area (Å²) in [6.45, 7) is 2.24. The molecule has 0 aromatic heterocycles. The highest BCUT2D eigenvalue weighted by molar-refractivity contribution is 5.95. The zero-order valence-electron chi connectivity index (χ0n) is 16.8. The monoisotopic (exact) mass is 406 g/mol. The van der Waals surface area contributed by atoms with E-state index in [1.54, 1.807) is 30.3 Å². The maximum absolute atomic E-state index is 13.8. The number of primary amides is 1. The Bertz CT molecular complexity index is 1020. The van der Waals surface area contributed by atoms with Crippen molar-refractivity contribution in [2.75, 3.05) is 11.9 Å². The van der Waals surface area contributed by atoms with Gasteiger partial charge in [0.05, 0.1) is 0 Å². The van der Waals surface area contributed by atoms with Crippen LogP contribution in [-0.4, -0.2) is 18.4 Å². The highest BCUT2D eigenvalue weighted by Gasteiger charge is 2.20. The van der Waals surface area contributed by atoms with Crippen molar-refractivity contribution < 1.29 is 19.3 Å². The molecule has 0 aliphatic carbocycles. The number of hydrogen-bond donors (Lipinski definition) is 3. The molecule has 6 heteroatoms. The molecule has 2 amide bonds. The van der Waals surface area contributed by atoms with E-state index in [2.05, 4.69) is 24.4 Å². The van der Waals surface area contributed by atoms with Crippen LogP contribution in [0.5, 0.6) is 0 Å². The van der Waals surface area contributed by atoms with Gasteiger partial charge in [0.2, 0.25) is 5.91 Å². The normalized spacial score (nSPS) is 11.7. The van der Waals surface area contributed by atoms with Crippen molar-refractivity contribution in [1.82, 2.24) is 0 Å². The summed E-state index contributed by atoms with van der Waals surface area (Å²) in [6.07, 6.45) is 0.936. The molecule has 5 nitrogen and oxygen atoms in total. The van der Waals surface area contributed by atoms with Crippen molar-refractivity contribution in [3.8, 4) is 0 Å². The summed E-state index contributed by atoms with van der Waals surface area (Å²) in [4.78, 5) is 23.6. The van der Waals surface area contributed by atoms with Gasteiger partial charge in [-0.1, -0.05) is 43.3 Å². The average molecular weight is 406 g/mol. The summed E-state index contributed by atoms with van der Waals surface area (Å²) in [7, 11) is 0. The lowest BCUT2D eigenvalue weighted by atomic mass is 9.97. The molecule has 0 unspecified atom stereocenters. The topological polar surface area (TPSA) is 88.8 Å². The van der Waals surface area contributed by atoms with Crippen LogP contribution in [0.25, 0.3) is 0 Å². The van der Waals surface area contributed by atoms with Crippen LogP contribution in [0.15, 0.2) is 72.8 Å². The number of nitrogens with two attached hydrogens (primary N) is 2. The minimum absolute atomic E-state index is 0.147. The Morgan fingerprint density at radius 1 is 1.00 bits per heavy atom. The number of anilines is 1. The molecule has 0 radical (unpaired) electrons. The molecule has 1 atom stereocenters. The number of hydrogen-bond acceptors (Lipinski definition) is 2. The number of halogens is 1. The Morgan fingerprint density at radius 2 is 1.70 bits per heavy atom. The quantitative estimate of drug-likeness (QED) is 0.537. The third kappa shape index (κ3) is 5.52. The van der Waals surface area contributed by atoms with Gasteiger partial charge in [0.25, 0.3) is 5.91 Å². The SMILES string of the molecule is CCc1ccc([C@H]([NH2+]CC(=O)Nc2ccc(C(N)=O)cc2)c2cccc(F)c2)cc1. The van der Waals surface area contributed by atoms with Crippen LogP contribution >= 0.6 is 0 Å². The van der Waals surface area contributed by atoms with Crippen LogP contribution in [0.1, 0.15) is 40.0 Å². The molecule has 0 fully saturated rings. The zero-order chi connectivity index (χ0) is 21.5. The molecule has 3 aromatic rings. The minimum Gasteiger partial charge on any atom is -0.366 e. The minimum atomic E-state index is -0.520. The Hall–Kier alpha value is -3.51. The fourth-order valence-corrected chi connectivity index (χ4v) is 3.28. The van der Waals surface area contributed by atoms with Gasteiger partial charge >= 0.3 is 0 Å². The van der Waals surface area contributed by atoms with Crippen molar-refractivity contribution in [2.45, 2.75) is 19.4 Å². The predicted molar refractivity (Wildman–Crippen MR) is 114 cm³/mol. The number of carbonyl (C=O) groups is 2. The predicted octanol–water partition coefficient (Wildman–Crippen LogP) is 2.78. The second-order valence-corrected chi connectivity index (χ2v) is 7.06. The molecule has 0 bridgehead atoms. The van der Waals surface area contributed by atoms with Gasteiger partial charge in [-0.05, 0) is 48.4 Å². The molecule has 0 spiro atoms. The van der Waals surface area contributed by atoms with E-state index in [0.29, 0.717) is 11.3 Å². The molecule has 0 heterocycles. The van der Waals surface area contributed by atoms with E-state index in [-0.39, 0.29) is 24.3 Å². The van der Waals surface area contributed by atoms with Gasteiger partial charge in [0.1, 0.15) is 11.9 Å². The number of benzene rings is 3. The van der Waals surface area contributed by atoms with Gasteiger partial charge in [-0.25, -0.2) is 4.39 Å². The molecular weight excluding hydrogens is 381 g/mol. The van der Waals surface area contributed by atoms with Gasteiger partial charge in [-0.15, -0.1) is 0 Å². The van der Waals surface area contributed by atoms with Gasteiger partial charge in [0, 0.05) is 22.4 Å². The molecule has 0 aliphatic rings. The number of carbonyl (C=O) groups excluding carboxylic acids is 2. The van der Waals surface area contributed by atoms with Gasteiger partial charge in [0.15, 0.2) is 6.54 Å². The summed E-state index contributed by atoms with van der Waals surface area (Å²) in [5, 5.41) is 4.68. The van der Waals surface area contributed by atoms with Gasteiger partial charge in [-0.3, -0.25) is 9.59 Å². The second-order valence-electron chi connectivity index (χ2n) is 7.06. The van der Waals surface area contributed by atoms with E-state index in [4.69, 9.17) is 5.73 Å². The molecule has 5 N–H and O–H groups in total. The molecule has 30 heavy (non-hydrogen) atoms. The standard InChI is InChI=1S/C24H24FN3O2/c1-2-16-6-8-17(9-7-16)23(19-4-3-5-20(25)14-19)27-15-22(29)28-21-12-10-18(11-13-21)24(26)30/h3-14,23,27H,2,15H2,1H3,(H2,26,30)(H,28,29)/p+1/t23-/m0/s1. The third-order valence-corrected chi connectivity index (χ3v) is 4.95. The Morgan fingerprint density at radius 3 is 2.30 bits per heavy atom. The first kappa shape index (κ1) is 21.2. The molecule has 0 saturated carbocycles. The van der Waals surface area contributed by atoms with Crippen LogP contribution in [0.3, 0.4) is 0 Å². The maximum atomic E-state index is 13.8. The molecule has 154 valence electrons. The van der Waals surface area contributed by atoms with Crippen molar-refractivity contribution >= 4 is 17.5 Å². The third-order valence-electron chi connectivity index (χ3n) is 4.95. The second kappa shape index (κ2) is 9.80. The molecule has 0 aliphatic heterocycles. The molecule has 0 saturated heterocycles. The zero-order valence-corrected chi connectivity index (χ0v) is 16.8. The summed E-state index contributed by atoms with van der Waals surface area (Å²) in [6, 6.07) is 20.7. The fourth-order valence-electron chi connectivity index (χ4n) is 3.28. The Labute approximate surface area is 175 Å². The van der Waals surface area contributed by atoms with E-state index < -0.39 is 5.91 Å². The van der Waals surface area contributed by atoms with Crippen LogP contribution in [-0.2, 0) is 11.2 Å². The van der Waals surface area contributed by atoms with E-state index in [1.807, 2.05) is 23.5 Å². The Kier molecular flexibility index (Phi) is 6.93. The summed E-state index contributed by atoms with van der Waals surface area (Å²) >= 11 is 0. The van der Waals surface area contributed by atoms with Gasteiger partial charge < -0.3 is 16.4 Å². The van der Waals surface area contributed by atoms with Crippen LogP contribution in [0, 0.1) is 5.82 Å². The van der Waals surface area contributed by atoms with Crippen molar-refractivity contribution in [2.24, 2.45) is 5.73 Å². The van der Waals surface area contributed by atoms with Crippen molar-refractivity contribution in [3.05, 3.63) is 101 Å². The number of quaternary nitrogens is 1. The smallest absolute Gasteiger partial charge is 0.279 e. The highest BCUT2D eigenvalue weighted by atomic mass is 19.1. The average Bonchev–Trinajstić information content (AvgIpc) is 2.75. The molecule has 3 rings (SSSR count). The largest absolute Gasteiger partial charge is 0.366 e. The number of aryl methyl sites for hydroxylation is 1. The summed E-state index contributed by atoms with van der Waals surface area (Å²) in [5.41, 5.74) is 9.18. The van der Waals surface area contributed by atoms with Gasteiger partial charge in [-0.2, -0.15) is 0 Å². The van der Waals surface area contributed by atoms with E-state index in [0.717, 1.165) is 17.5 Å². The highest BCUT2D eigenvalue weighted by Crippen LogP contribution is 2.20. The summed E-state index contributed by atoms with van der Waals surface area (Å²) < 4.78 is 13.8. The first-order valence-electron chi connectivity index (χ1n) is 9.83. The lowest BCUT2D eigenvalue weighted by Gasteiger charge is -2.17. The van der Waals surface area contributed by atoms with E-state index >= 15 is 0 Å². The van der Waals surface area contributed by atoms with E-state index in [9.17, 15) is 14.0 Å². The number of amides is 2. The fraction of sp³-hybridized carbons (Fsp3) is 0.167. The maximum Gasteiger partial charge on any atom is 0.279 e. The van der Waals surface area contributed by atoms with Crippen LogP contribution in [0.2, 0.25) is 0 Å². The number of rotatable bonds is 8. The first-order valence-corrected chi connectivity index (χ1v) is 9.83. The Balaban J connectivity index is 1.72. The van der Waals surface area contributed by atoms with Crippen LogP contribution in [0.4, 0.5) is 10.1 Å². The van der Waals surface area contributed by atoms with E-state index in [1.165, 1.54) is 17.7 Å². The molecular formula is C24H25FN3O2+. The van der Waals surface area contributed by atoms with Crippen LogP contribution < -0.4 is 16.4 Å². The first-order chi connectivity index (χ1) is 14.5. The molecule has 3 aromatic carbocycles. The van der Waals surface area contributed by atoms with Crippen molar-refractivity contribution in [1.29, 1.82) is 0 Å². The lowest BCUT2D eigenvalue weighted by Crippen LogP contribution is -2.87. The summed E-state index contributed by atoms with van der Waals surface area (Å²) in [5.74, 6) is -1.03. The van der Waals surface area contributed by atoms with Crippen molar-refractivity contribution in [3.63, 3.8) is 0 Å².